The Morgan fingerprint density at radius 3 is 2.59 bits per heavy atom. The Morgan fingerprint density at radius 1 is 1.32 bits per heavy atom. The lowest BCUT2D eigenvalue weighted by molar-refractivity contribution is -0.123. The zero-order chi connectivity index (χ0) is 16.5. The third kappa shape index (κ3) is 3.69. The van der Waals surface area contributed by atoms with E-state index in [9.17, 15) is 9.59 Å². The molecule has 22 heavy (non-hydrogen) atoms. The minimum atomic E-state index is -0.441. The molecule has 1 aromatic heterocycles. The minimum Gasteiger partial charge on any atom is -0.335 e. The Bertz CT molecular complexity index is 572. The molecule has 1 saturated heterocycles. The second-order valence-electron chi connectivity index (χ2n) is 7.17. The van der Waals surface area contributed by atoms with Gasteiger partial charge in [-0.3, -0.25) is 9.59 Å². The van der Waals surface area contributed by atoms with Crippen LogP contribution in [0.5, 0.6) is 0 Å². The van der Waals surface area contributed by atoms with Crippen LogP contribution >= 0.6 is 11.3 Å². The van der Waals surface area contributed by atoms with Crippen LogP contribution in [0, 0.1) is 12.3 Å². The van der Waals surface area contributed by atoms with E-state index in [0.717, 1.165) is 34.8 Å². The zero-order valence-corrected chi connectivity index (χ0v) is 15.0. The van der Waals surface area contributed by atoms with Gasteiger partial charge in [0.05, 0.1) is 9.88 Å². The van der Waals surface area contributed by atoms with Crippen LogP contribution in [0.3, 0.4) is 0 Å². The number of nitrogens with one attached hydrogen (secondary N) is 1. The highest BCUT2D eigenvalue weighted by atomic mass is 32.1. The van der Waals surface area contributed by atoms with E-state index in [1.165, 1.54) is 17.8 Å². The van der Waals surface area contributed by atoms with Crippen LogP contribution < -0.4 is 5.32 Å². The molecule has 2 rings (SSSR count). The second kappa shape index (κ2) is 6.41. The standard InChI is InChI=1S/C17H26N2O2S/c1-11-10-13(18-16(21)17(3,4)5)22-14(11)15(20)19-9-7-6-8-12(19)2/h10,12H,6-9H2,1-5H3,(H,18,21). The van der Waals surface area contributed by atoms with Gasteiger partial charge in [-0.05, 0) is 44.7 Å². The van der Waals surface area contributed by atoms with Crippen LogP contribution in [-0.4, -0.2) is 29.3 Å². The summed E-state index contributed by atoms with van der Waals surface area (Å²) in [4.78, 5) is 27.5. The fourth-order valence-electron chi connectivity index (χ4n) is 2.59. The molecule has 0 bridgehead atoms. The molecule has 0 saturated carbocycles. The van der Waals surface area contributed by atoms with Crippen molar-refractivity contribution in [3.63, 3.8) is 0 Å². The molecule has 1 N–H and O–H groups in total. The molecular weight excluding hydrogens is 296 g/mol. The summed E-state index contributed by atoms with van der Waals surface area (Å²) >= 11 is 1.38. The molecule has 4 nitrogen and oxygen atoms in total. The Labute approximate surface area is 136 Å². The number of likely N-dealkylation sites (tertiary alicyclic amines) is 1. The quantitative estimate of drug-likeness (QED) is 0.893. The molecule has 2 amide bonds. The summed E-state index contributed by atoms with van der Waals surface area (Å²) < 4.78 is 0. The van der Waals surface area contributed by atoms with Crippen LogP contribution in [0.1, 0.15) is 62.2 Å². The number of hydrogen-bond acceptors (Lipinski definition) is 3. The van der Waals surface area contributed by atoms with Crippen molar-refractivity contribution in [1.82, 2.24) is 4.90 Å². The van der Waals surface area contributed by atoms with Crippen LogP contribution in [-0.2, 0) is 4.79 Å². The molecule has 1 fully saturated rings. The van der Waals surface area contributed by atoms with Crippen molar-refractivity contribution in [2.24, 2.45) is 5.41 Å². The zero-order valence-electron chi connectivity index (χ0n) is 14.2. The number of aryl methyl sites for hydroxylation is 1. The Hall–Kier alpha value is -1.36. The topological polar surface area (TPSA) is 49.4 Å². The maximum atomic E-state index is 12.8. The molecule has 5 heteroatoms. The smallest absolute Gasteiger partial charge is 0.264 e. The molecule has 1 unspecified atom stereocenters. The fraction of sp³-hybridized carbons (Fsp3) is 0.647. The lowest BCUT2D eigenvalue weighted by Crippen LogP contribution is -2.41. The van der Waals surface area contributed by atoms with Crippen LogP contribution in [0.15, 0.2) is 6.07 Å². The number of carbonyl (C=O) groups excluding carboxylic acids is 2. The second-order valence-corrected chi connectivity index (χ2v) is 8.22. The molecule has 0 radical (unpaired) electrons. The van der Waals surface area contributed by atoms with Gasteiger partial charge in [0, 0.05) is 18.0 Å². The number of rotatable bonds is 2. The van der Waals surface area contributed by atoms with E-state index in [2.05, 4.69) is 12.2 Å². The van der Waals surface area contributed by atoms with E-state index in [4.69, 9.17) is 0 Å². The molecule has 122 valence electrons. The van der Waals surface area contributed by atoms with E-state index in [1.807, 2.05) is 38.7 Å². The van der Waals surface area contributed by atoms with Crippen molar-refractivity contribution in [3.05, 3.63) is 16.5 Å². The average Bonchev–Trinajstić information content (AvgIpc) is 2.78. The van der Waals surface area contributed by atoms with Gasteiger partial charge >= 0.3 is 0 Å². The van der Waals surface area contributed by atoms with Gasteiger partial charge in [-0.15, -0.1) is 11.3 Å². The summed E-state index contributed by atoms with van der Waals surface area (Å²) in [5, 5.41) is 3.68. The van der Waals surface area contributed by atoms with Crippen molar-refractivity contribution in [2.45, 2.75) is 59.9 Å². The van der Waals surface area contributed by atoms with E-state index in [-0.39, 0.29) is 11.8 Å². The average molecular weight is 322 g/mol. The monoisotopic (exact) mass is 322 g/mol. The van der Waals surface area contributed by atoms with Gasteiger partial charge in [0.15, 0.2) is 0 Å². The van der Waals surface area contributed by atoms with Crippen molar-refractivity contribution < 1.29 is 9.59 Å². The van der Waals surface area contributed by atoms with Crippen molar-refractivity contribution in [1.29, 1.82) is 0 Å². The Kier molecular flexibility index (Phi) is 4.95. The SMILES string of the molecule is Cc1cc(NC(=O)C(C)(C)C)sc1C(=O)N1CCCCC1C. The number of carbonyl (C=O) groups is 2. The van der Waals surface area contributed by atoms with Crippen LogP contribution in [0.4, 0.5) is 5.00 Å². The minimum absolute atomic E-state index is 0.0286. The summed E-state index contributed by atoms with van der Waals surface area (Å²) in [6.07, 6.45) is 3.35. The highest BCUT2D eigenvalue weighted by Crippen LogP contribution is 2.31. The number of anilines is 1. The number of amides is 2. The van der Waals surface area contributed by atoms with Gasteiger partial charge in [-0.1, -0.05) is 20.8 Å². The third-order valence-electron chi connectivity index (χ3n) is 4.09. The fourth-order valence-corrected chi connectivity index (χ4v) is 3.61. The molecule has 0 aliphatic carbocycles. The van der Waals surface area contributed by atoms with Crippen LogP contribution in [0.2, 0.25) is 0 Å². The summed E-state index contributed by atoms with van der Waals surface area (Å²) in [5.74, 6) is 0.0741. The lowest BCUT2D eigenvalue weighted by atomic mass is 9.96. The van der Waals surface area contributed by atoms with Crippen molar-refractivity contribution in [3.8, 4) is 0 Å². The first-order chi connectivity index (χ1) is 10.2. The molecule has 1 aliphatic heterocycles. The molecule has 2 heterocycles. The molecule has 1 aliphatic rings. The lowest BCUT2D eigenvalue weighted by Gasteiger charge is -2.33. The normalized spacial score (nSPS) is 19.1. The first-order valence-electron chi connectivity index (χ1n) is 7.93. The van der Waals surface area contributed by atoms with Gasteiger partial charge in [0.1, 0.15) is 0 Å². The summed E-state index contributed by atoms with van der Waals surface area (Å²) in [6.45, 7) is 10.5. The van der Waals surface area contributed by atoms with Crippen LogP contribution in [0.25, 0.3) is 0 Å². The first kappa shape index (κ1) is 17.0. The maximum Gasteiger partial charge on any atom is 0.264 e. The van der Waals surface area contributed by atoms with Gasteiger partial charge in [0.2, 0.25) is 5.91 Å². The summed E-state index contributed by atoms with van der Waals surface area (Å²) in [6, 6.07) is 2.20. The molecular formula is C17H26N2O2S. The third-order valence-corrected chi connectivity index (χ3v) is 5.23. The predicted octanol–water partition coefficient (Wildman–Crippen LogP) is 4.06. The van der Waals surface area contributed by atoms with E-state index >= 15 is 0 Å². The van der Waals surface area contributed by atoms with E-state index in [1.54, 1.807) is 0 Å². The highest BCUT2D eigenvalue weighted by Gasteiger charge is 2.27. The molecule has 1 atom stereocenters. The van der Waals surface area contributed by atoms with Crippen molar-refractivity contribution in [2.75, 3.05) is 11.9 Å². The molecule has 1 aromatic rings. The van der Waals surface area contributed by atoms with Gasteiger partial charge in [0.25, 0.3) is 5.91 Å². The number of thiophene rings is 1. The predicted molar refractivity (Wildman–Crippen MR) is 91.5 cm³/mol. The van der Waals surface area contributed by atoms with Crippen molar-refractivity contribution >= 4 is 28.2 Å². The number of nitrogens with zero attached hydrogens (tertiary/aromatic N) is 1. The Morgan fingerprint density at radius 2 is 2.00 bits per heavy atom. The van der Waals surface area contributed by atoms with Gasteiger partial charge in [-0.25, -0.2) is 0 Å². The largest absolute Gasteiger partial charge is 0.335 e. The maximum absolute atomic E-state index is 12.8. The van der Waals surface area contributed by atoms with Gasteiger partial charge in [-0.2, -0.15) is 0 Å². The first-order valence-corrected chi connectivity index (χ1v) is 8.74. The number of hydrogen-bond donors (Lipinski definition) is 1. The number of piperidine rings is 1. The summed E-state index contributed by atoms with van der Waals surface area (Å²) in [5.41, 5.74) is 0.501. The molecule has 0 spiro atoms. The highest BCUT2D eigenvalue weighted by molar-refractivity contribution is 7.18. The summed E-state index contributed by atoms with van der Waals surface area (Å²) in [7, 11) is 0. The van der Waals surface area contributed by atoms with Gasteiger partial charge < -0.3 is 10.2 Å². The Balaban J connectivity index is 2.15. The molecule has 0 aromatic carbocycles. The van der Waals surface area contributed by atoms with E-state index in [0.29, 0.717) is 6.04 Å². The van der Waals surface area contributed by atoms with E-state index < -0.39 is 5.41 Å².